The average Bonchev–Trinajstić information content (AvgIpc) is 3.44. The Bertz CT molecular complexity index is 1170. The minimum atomic E-state index is -2.90. The van der Waals surface area contributed by atoms with Gasteiger partial charge in [-0.2, -0.15) is 13.9 Å². The zero-order valence-electron chi connectivity index (χ0n) is 14.6. The van der Waals surface area contributed by atoms with Crippen LogP contribution in [0.5, 0.6) is 0 Å². The van der Waals surface area contributed by atoms with Crippen LogP contribution in [0.4, 0.5) is 23.6 Å². The maximum Gasteiger partial charge on any atom is 0.319 e. The van der Waals surface area contributed by atoms with Crippen molar-refractivity contribution >= 4 is 11.5 Å². The zero-order chi connectivity index (χ0) is 20.1. The second-order valence-electron chi connectivity index (χ2n) is 6.50. The van der Waals surface area contributed by atoms with Gasteiger partial charge in [0.2, 0.25) is 0 Å². The van der Waals surface area contributed by atoms with Crippen LogP contribution in [-0.4, -0.2) is 36.3 Å². The first kappa shape index (κ1) is 17.6. The number of halogens is 4. The van der Waals surface area contributed by atoms with Crippen molar-refractivity contribution in [2.75, 3.05) is 11.4 Å². The van der Waals surface area contributed by atoms with Crippen LogP contribution in [0, 0.1) is 0 Å². The summed E-state index contributed by atoms with van der Waals surface area (Å²) in [5.41, 5.74) is 1.93. The number of H-pyrrole nitrogens is 1. The molecule has 0 aliphatic carbocycles. The first-order chi connectivity index (χ1) is 14.0. The number of nitrogens with zero attached hydrogens (tertiary/aromatic N) is 6. The minimum Gasteiger partial charge on any atom is -0.402 e. The smallest absolute Gasteiger partial charge is 0.319 e. The molecule has 0 unspecified atom stereocenters. The van der Waals surface area contributed by atoms with Gasteiger partial charge in [-0.1, -0.05) is 5.10 Å². The molecule has 0 saturated heterocycles. The number of imidazole rings is 1. The van der Waals surface area contributed by atoms with E-state index in [1.807, 2.05) is 0 Å². The predicted octanol–water partition coefficient (Wildman–Crippen LogP) is 3.47. The molecular weight excluding hydrogens is 394 g/mol. The molecule has 4 aromatic heterocycles. The van der Waals surface area contributed by atoms with Crippen molar-refractivity contribution in [2.45, 2.75) is 25.3 Å². The van der Waals surface area contributed by atoms with Gasteiger partial charge in [-0.05, 0) is 18.2 Å². The Hall–Kier alpha value is -3.44. The number of pyridine rings is 1. The molecule has 12 heteroatoms. The Balaban J connectivity index is 1.65. The first-order valence-corrected chi connectivity index (χ1v) is 8.69. The number of fused-ring (bicyclic) bond motifs is 2. The lowest BCUT2D eigenvalue weighted by molar-refractivity contribution is 0.115. The summed E-state index contributed by atoms with van der Waals surface area (Å²) < 4.78 is 59.0. The van der Waals surface area contributed by atoms with Gasteiger partial charge in [-0.3, -0.25) is 0 Å². The summed E-state index contributed by atoms with van der Waals surface area (Å²) in [6.07, 6.45) is -1.96. The van der Waals surface area contributed by atoms with Crippen molar-refractivity contribution in [1.82, 2.24) is 29.8 Å². The van der Waals surface area contributed by atoms with Gasteiger partial charge in [0.1, 0.15) is 6.04 Å². The Labute approximate surface area is 160 Å². The normalized spacial score (nSPS) is 16.9. The molecule has 5 heterocycles. The maximum absolute atomic E-state index is 13.4. The third-order valence-corrected chi connectivity index (χ3v) is 4.86. The Morgan fingerprint density at radius 2 is 2.03 bits per heavy atom. The highest BCUT2D eigenvalue weighted by atomic mass is 19.3. The van der Waals surface area contributed by atoms with Crippen LogP contribution < -0.4 is 4.90 Å². The summed E-state index contributed by atoms with van der Waals surface area (Å²) in [4.78, 5) is 8.97. The Kier molecular flexibility index (Phi) is 4.00. The number of nitrogens with one attached hydrogen (secondary N) is 1. The van der Waals surface area contributed by atoms with E-state index in [1.165, 1.54) is 29.0 Å². The number of aromatic amines is 1. The molecule has 1 aliphatic heterocycles. The van der Waals surface area contributed by atoms with E-state index >= 15 is 0 Å². The summed E-state index contributed by atoms with van der Waals surface area (Å²) in [5, 5.41) is 11.5. The van der Waals surface area contributed by atoms with Crippen molar-refractivity contribution in [2.24, 2.45) is 0 Å². The lowest BCUT2D eigenvalue weighted by Gasteiger charge is -2.32. The number of hydrogen-bond acceptors (Lipinski definition) is 6. The van der Waals surface area contributed by atoms with E-state index in [9.17, 15) is 17.6 Å². The number of rotatable bonds is 4. The largest absolute Gasteiger partial charge is 0.402 e. The zero-order valence-corrected chi connectivity index (χ0v) is 14.6. The van der Waals surface area contributed by atoms with Crippen LogP contribution in [-0.2, 0) is 6.42 Å². The highest BCUT2D eigenvalue weighted by molar-refractivity contribution is 5.58. The Morgan fingerprint density at radius 3 is 2.79 bits per heavy atom. The number of anilines is 1. The SMILES string of the molecule is FC(F)c1nnc(N2CCc3[nH]cnc3[C@@H]2c2cc3c(C(F)F)cccn3n2)o1. The van der Waals surface area contributed by atoms with Crippen LogP contribution in [0.1, 0.15) is 47.4 Å². The van der Waals surface area contributed by atoms with E-state index in [0.29, 0.717) is 24.4 Å². The maximum atomic E-state index is 13.4. The number of aromatic nitrogens is 6. The molecule has 0 amide bonds. The molecule has 8 nitrogen and oxygen atoms in total. The molecule has 0 fully saturated rings. The molecule has 0 bridgehead atoms. The topological polar surface area (TPSA) is 88.1 Å². The monoisotopic (exact) mass is 407 g/mol. The van der Waals surface area contributed by atoms with Crippen LogP contribution in [0.15, 0.2) is 35.1 Å². The van der Waals surface area contributed by atoms with Crippen molar-refractivity contribution in [3.63, 3.8) is 0 Å². The first-order valence-electron chi connectivity index (χ1n) is 8.69. The molecule has 29 heavy (non-hydrogen) atoms. The standard InChI is InChI=1S/C17H13F4N7O/c18-14(19)8-2-1-4-28-11(8)6-10(26-28)13-12-9(22-7-23-12)3-5-27(13)17-25-24-16(29-17)15(20)21/h1-2,4,6-7,13-15H,3,5H2,(H,22,23)/t13-/m0/s1. The summed E-state index contributed by atoms with van der Waals surface area (Å²) in [7, 11) is 0. The van der Waals surface area contributed by atoms with Gasteiger partial charge in [-0.25, -0.2) is 18.3 Å². The molecule has 1 aliphatic rings. The molecule has 0 aromatic carbocycles. The van der Waals surface area contributed by atoms with Crippen molar-refractivity contribution in [1.29, 1.82) is 0 Å². The molecular formula is C17H13F4N7O. The highest BCUT2D eigenvalue weighted by Crippen LogP contribution is 2.37. The van der Waals surface area contributed by atoms with E-state index in [0.717, 1.165) is 5.69 Å². The quantitative estimate of drug-likeness (QED) is 0.521. The lowest BCUT2D eigenvalue weighted by Crippen LogP contribution is -2.36. The summed E-state index contributed by atoms with van der Waals surface area (Å²) in [6, 6.07) is 3.58. The molecule has 150 valence electrons. The molecule has 1 N–H and O–H groups in total. The van der Waals surface area contributed by atoms with Gasteiger partial charge in [0.25, 0.3) is 12.3 Å². The van der Waals surface area contributed by atoms with Gasteiger partial charge >= 0.3 is 12.4 Å². The van der Waals surface area contributed by atoms with Gasteiger partial charge < -0.3 is 14.3 Å². The predicted molar refractivity (Wildman–Crippen MR) is 90.9 cm³/mol. The van der Waals surface area contributed by atoms with Crippen molar-refractivity contribution in [3.05, 3.63) is 59.3 Å². The second-order valence-corrected chi connectivity index (χ2v) is 6.50. The molecule has 1 atom stereocenters. The van der Waals surface area contributed by atoms with E-state index in [1.54, 1.807) is 11.1 Å². The molecule has 0 radical (unpaired) electrons. The van der Waals surface area contributed by atoms with Crippen molar-refractivity contribution in [3.8, 4) is 0 Å². The van der Waals surface area contributed by atoms with Gasteiger partial charge in [0, 0.05) is 30.4 Å². The van der Waals surface area contributed by atoms with Gasteiger partial charge in [0.15, 0.2) is 0 Å². The molecule has 4 aromatic rings. The van der Waals surface area contributed by atoms with Crippen LogP contribution >= 0.6 is 0 Å². The van der Waals surface area contributed by atoms with E-state index in [2.05, 4.69) is 25.3 Å². The third-order valence-electron chi connectivity index (χ3n) is 4.86. The molecule has 0 saturated carbocycles. The Morgan fingerprint density at radius 1 is 1.17 bits per heavy atom. The number of hydrogen-bond donors (Lipinski definition) is 1. The van der Waals surface area contributed by atoms with E-state index < -0.39 is 24.8 Å². The fraction of sp³-hybridized carbons (Fsp3) is 0.294. The second kappa shape index (κ2) is 6.57. The summed E-state index contributed by atoms with van der Waals surface area (Å²) in [5.74, 6) is -0.790. The van der Waals surface area contributed by atoms with Crippen molar-refractivity contribution < 1.29 is 22.0 Å². The molecule has 0 spiro atoms. The van der Waals surface area contributed by atoms with Crippen LogP contribution in [0.2, 0.25) is 0 Å². The van der Waals surface area contributed by atoms with Crippen LogP contribution in [0.3, 0.4) is 0 Å². The van der Waals surface area contributed by atoms with E-state index in [4.69, 9.17) is 4.42 Å². The van der Waals surface area contributed by atoms with Crippen LogP contribution in [0.25, 0.3) is 5.52 Å². The van der Waals surface area contributed by atoms with Gasteiger partial charge in [0.05, 0.1) is 23.2 Å². The third kappa shape index (κ3) is 2.82. The number of alkyl halides is 4. The van der Waals surface area contributed by atoms with Gasteiger partial charge in [-0.15, -0.1) is 5.10 Å². The fourth-order valence-corrected chi connectivity index (χ4v) is 3.59. The highest BCUT2D eigenvalue weighted by Gasteiger charge is 2.36. The fourth-order valence-electron chi connectivity index (χ4n) is 3.59. The van der Waals surface area contributed by atoms with E-state index in [-0.39, 0.29) is 17.1 Å². The summed E-state index contributed by atoms with van der Waals surface area (Å²) in [6.45, 7) is 0.361. The lowest BCUT2D eigenvalue weighted by atomic mass is 10.00. The summed E-state index contributed by atoms with van der Waals surface area (Å²) >= 11 is 0. The average molecular weight is 407 g/mol. The minimum absolute atomic E-state index is 0.106. The molecule has 5 rings (SSSR count).